The first-order valence-corrected chi connectivity index (χ1v) is 28.7. The summed E-state index contributed by atoms with van der Waals surface area (Å²) in [6.07, 6.45) is 4.36. The Balaban J connectivity index is 0.000000274. The Labute approximate surface area is 527 Å². The van der Waals surface area contributed by atoms with E-state index in [2.05, 4.69) is 16.6 Å². The number of hydrogen-bond donors (Lipinski definition) is 4. The molecule has 4 N–H and O–H groups in total. The number of carbonyl (C=O) groups is 6. The van der Waals surface area contributed by atoms with Crippen molar-refractivity contribution in [1.29, 1.82) is 0 Å². The highest BCUT2D eigenvalue weighted by Crippen LogP contribution is 2.36. The van der Waals surface area contributed by atoms with Crippen LogP contribution in [-0.4, -0.2) is 163 Å². The van der Waals surface area contributed by atoms with Crippen LogP contribution in [0.1, 0.15) is 75.1 Å². The van der Waals surface area contributed by atoms with Gasteiger partial charge in [0.1, 0.15) is 41.7 Å². The van der Waals surface area contributed by atoms with E-state index in [0.717, 1.165) is 33.5 Å². The molecule has 19 nitrogen and oxygen atoms in total. The standard InChI is InChI=1S/C33H34FN5O4.C32H37ClN6O4.3CH4/c1-4-16-36-21-30(41)38-29(18-24-11-14-27(40)15-12-24)32(42)37(20-26-13-10-22(2)17-28(26)34)23(3)31(38)39(36)33(43)35-19-25-8-6-5-7-9-25;1-21-30-38(29(41)20-36(4)39(30)32(43)34-18-23-8-6-5-7-9-23)28(16-22-10-13-25(40)14-11-22)31(42)37(21)19-24-12-15-26(33)27(17-24)35(2)3;;;/h1,5-15,17,23,29,31,40H,16,18-21H2,2-3H3,(H,35,43);5-15,17,21,28,30,40H,16,18-20H2,1-4H3,(H,34,43);3*1H4/t23-,29-,31-;21-,28+,30+;;;/m01.../s1. The molecule has 8 amide bonds. The number of terminal acetylenes is 1. The third-order valence-corrected chi connectivity index (χ3v) is 16.4. The number of urea groups is 2. The molecule has 0 aromatic heterocycles. The molecular weight excluding hydrogens is 1150 g/mol. The molecule has 6 atom stereocenters. The van der Waals surface area contributed by atoms with Gasteiger partial charge in [-0.1, -0.05) is 143 Å². The lowest BCUT2D eigenvalue weighted by atomic mass is 9.94. The topological polar surface area (TPSA) is 196 Å². The van der Waals surface area contributed by atoms with Crippen LogP contribution in [-0.2, 0) is 58.2 Å². The van der Waals surface area contributed by atoms with E-state index >= 15 is 4.39 Å². The van der Waals surface area contributed by atoms with E-state index in [0.29, 0.717) is 22.7 Å². The minimum Gasteiger partial charge on any atom is -0.508 e. The quantitative estimate of drug-likeness (QED) is 0.0760. The first-order chi connectivity index (χ1) is 41.2. The van der Waals surface area contributed by atoms with Crippen molar-refractivity contribution in [3.8, 4) is 23.8 Å². The maximum Gasteiger partial charge on any atom is 0.334 e. The summed E-state index contributed by atoms with van der Waals surface area (Å²) in [6.45, 7) is 5.93. The molecule has 0 bridgehead atoms. The molecule has 4 fully saturated rings. The Morgan fingerprint density at radius 2 is 1.09 bits per heavy atom. The minimum atomic E-state index is -0.982. The largest absolute Gasteiger partial charge is 0.508 e. The number of benzene rings is 6. The second-order valence-electron chi connectivity index (χ2n) is 22.2. The number of piperazine rings is 2. The predicted molar refractivity (Wildman–Crippen MR) is 344 cm³/mol. The lowest BCUT2D eigenvalue weighted by molar-refractivity contribution is -0.198. The highest BCUT2D eigenvalue weighted by atomic mass is 35.5. The van der Waals surface area contributed by atoms with Gasteiger partial charge in [-0.2, -0.15) is 5.01 Å². The number of aryl methyl sites for hydroxylation is 1. The number of fused-ring (bicyclic) bond motifs is 2. The van der Waals surface area contributed by atoms with E-state index in [1.165, 1.54) is 38.0 Å². The van der Waals surface area contributed by atoms with Crippen LogP contribution in [0, 0.1) is 25.1 Å². The van der Waals surface area contributed by atoms with Crippen molar-refractivity contribution < 1.29 is 43.4 Å². The number of nitrogens with zero attached hydrogens (tertiary/aromatic N) is 9. The number of hydrogen-bond acceptors (Lipinski definition) is 11. The maximum atomic E-state index is 15.0. The molecule has 4 saturated heterocycles. The molecule has 0 aliphatic carbocycles. The molecule has 89 heavy (non-hydrogen) atoms. The zero-order chi connectivity index (χ0) is 61.5. The van der Waals surface area contributed by atoms with E-state index in [-0.39, 0.29) is 116 Å². The summed E-state index contributed by atoms with van der Waals surface area (Å²) in [5.74, 6) is 1.13. The normalized spacial score (nSPS) is 19.9. The fourth-order valence-electron chi connectivity index (χ4n) is 11.7. The van der Waals surface area contributed by atoms with Crippen molar-refractivity contribution in [2.75, 3.05) is 45.7 Å². The third kappa shape index (κ3) is 15.4. The SMILES string of the molecule is C.C.C.C#CCN1CC(=O)N2[C@@H](Cc3ccc(O)cc3)C(=O)N(Cc3ccc(C)cc3F)[C@@H](C)[C@@H]2N1C(=O)NCc1ccccc1.C[C@@H]1[C@H]2N(C(=O)CN(C)N2C(=O)NCc2ccccc2)[C@@H](Cc2ccc(O)cc2)C(=O)N1Cc1ccc(Cl)c(N(C)C)c1. The van der Waals surface area contributed by atoms with Crippen LogP contribution >= 0.6 is 11.6 Å². The number of anilines is 1. The Bertz CT molecular complexity index is 3490. The van der Waals surface area contributed by atoms with E-state index < -0.39 is 48.3 Å². The molecule has 0 radical (unpaired) electrons. The van der Waals surface area contributed by atoms with Crippen molar-refractivity contribution in [3.63, 3.8) is 0 Å². The molecule has 4 aliphatic rings. The zero-order valence-corrected chi connectivity index (χ0v) is 49.6. The molecule has 21 heteroatoms. The molecule has 472 valence electrons. The summed E-state index contributed by atoms with van der Waals surface area (Å²) in [5, 5.41) is 32.3. The molecule has 0 saturated carbocycles. The Morgan fingerprint density at radius 1 is 0.629 bits per heavy atom. The summed E-state index contributed by atoms with van der Waals surface area (Å²) in [4.78, 5) is 91.8. The van der Waals surface area contributed by atoms with Crippen LogP contribution in [0.4, 0.5) is 19.7 Å². The number of aromatic hydroxyl groups is 2. The smallest absolute Gasteiger partial charge is 0.334 e. The van der Waals surface area contributed by atoms with Gasteiger partial charge in [0, 0.05) is 65.7 Å². The number of hydrazine groups is 2. The fourth-order valence-corrected chi connectivity index (χ4v) is 11.9. The summed E-state index contributed by atoms with van der Waals surface area (Å²) >= 11 is 6.43. The van der Waals surface area contributed by atoms with Gasteiger partial charge in [0.25, 0.3) is 0 Å². The first-order valence-electron chi connectivity index (χ1n) is 28.3. The van der Waals surface area contributed by atoms with Crippen LogP contribution in [0.3, 0.4) is 0 Å². The van der Waals surface area contributed by atoms with Crippen molar-refractivity contribution in [2.24, 2.45) is 0 Å². The van der Waals surface area contributed by atoms with Gasteiger partial charge < -0.3 is 45.3 Å². The molecule has 6 aromatic carbocycles. The molecule has 10 rings (SSSR count). The number of amides is 8. The van der Waals surface area contributed by atoms with Gasteiger partial charge in [0.2, 0.25) is 23.6 Å². The lowest BCUT2D eigenvalue weighted by Gasteiger charge is -2.57. The summed E-state index contributed by atoms with van der Waals surface area (Å²) in [5.41, 5.74) is 6.11. The molecule has 4 aliphatic heterocycles. The Kier molecular flexibility index (Phi) is 23.4. The highest BCUT2D eigenvalue weighted by molar-refractivity contribution is 6.33. The summed E-state index contributed by atoms with van der Waals surface area (Å²) < 4.78 is 15.0. The van der Waals surface area contributed by atoms with E-state index in [1.807, 2.05) is 105 Å². The third-order valence-electron chi connectivity index (χ3n) is 16.0. The Hall–Kier alpha value is -9.16. The number of phenolic OH excluding ortho intramolecular Hbond substituents is 2. The van der Waals surface area contributed by atoms with Gasteiger partial charge in [0.15, 0.2) is 0 Å². The molecule has 0 spiro atoms. The average Bonchev–Trinajstić information content (AvgIpc) is 1.84. The van der Waals surface area contributed by atoms with E-state index in [1.54, 1.807) is 89.2 Å². The predicted octanol–water partition coefficient (Wildman–Crippen LogP) is 9.00. The Morgan fingerprint density at radius 3 is 1.57 bits per heavy atom. The van der Waals surface area contributed by atoms with Crippen molar-refractivity contribution in [2.45, 2.75) is 119 Å². The molecule has 0 unspecified atom stereocenters. The zero-order valence-electron chi connectivity index (χ0n) is 48.9. The maximum absolute atomic E-state index is 15.0. The van der Waals surface area contributed by atoms with Crippen LogP contribution < -0.4 is 15.5 Å². The van der Waals surface area contributed by atoms with Crippen LogP contribution in [0.5, 0.6) is 11.5 Å². The number of carbonyl (C=O) groups excluding carboxylic acids is 6. The van der Waals surface area contributed by atoms with E-state index in [4.69, 9.17) is 18.0 Å². The van der Waals surface area contributed by atoms with Gasteiger partial charge in [-0.25, -0.2) is 29.0 Å². The number of halogens is 2. The molecule has 4 heterocycles. The summed E-state index contributed by atoms with van der Waals surface area (Å²) in [6, 6.07) is 38.6. The summed E-state index contributed by atoms with van der Waals surface area (Å²) in [7, 11) is 5.52. The second-order valence-corrected chi connectivity index (χ2v) is 22.6. The highest BCUT2D eigenvalue weighted by Gasteiger charge is 2.56. The van der Waals surface area contributed by atoms with Crippen molar-refractivity contribution >= 4 is 53.0 Å². The van der Waals surface area contributed by atoms with Crippen LogP contribution in [0.2, 0.25) is 5.02 Å². The number of rotatable bonds is 14. The first kappa shape index (κ1) is 68.9. The van der Waals surface area contributed by atoms with Gasteiger partial charge >= 0.3 is 12.1 Å². The van der Waals surface area contributed by atoms with Gasteiger partial charge in [-0.3, -0.25) is 19.2 Å². The average molecular weight is 1240 g/mol. The molecule has 6 aromatic rings. The van der Waals surface area contributed by atoms with Crippen molar-refractivity contribution in [1.82, 2.24) is 50.3 Å². The van der Waals surface area contributed by atoms with Crippen LogP contribution in [0.15, 0.2) is 146 Å². The second kappa shape index (κ2) is 30.2. The fraction of sp³-hybridized carbons (Fsp3) is 0.353. The lowest BCUT2D eigenvalue weighted by Crippen LogP contribution is -2.79. The van der Waals surface area contributed by atoms with Gasteiger partial charge in [0.05, 0.1) is 42.4 Å². The number of nitrogens with one attached hydrogen (secondary N) is 2. The molecular formula is C68H83ClFN11O8. The van der Waals surface area contributed by atoms with E-state index in [9.17, 15) is 39.0 Å². The van der Waals surface area contributed by atoms with Crippen molar-refractivity contribution in [3.05, 3.63) is 195 Å². The number of phenols is 2. The van der Waals surface area contributed by atoms with Gasteiger partial charge in [-0.15, -0.1) is 6.42 Å². The van der Waals surface area contributed by atoms with Gasteiger partial charge in [-0.05, 0) is 96.6 Å². The van der Waals surface area contributed by atoms with Crippen LogP contribution in [0.25, 0.3) is 0 Å². The minimum absolute atomic E-state index is 0. The number of likely N-dealkylation sites (N-methyl/N-ethyl adjacent to an activating group) is 1. The monoisotopic (exact) mass is 1240 g/mol.